The second-order valence-electron chi connectivity index (χ2n) is 5.27. The SMILES string of the molecule is Cc1ncsc1CN(C)Cc1nc(C(C)(C)N)no1.Cl.Cl. The number of rotatable bonds is 5. The minimum Gasteiger partial charge on any atom is -0.338 e. The Kier molecular flexibility index (Phi) is 7.77. The third kappa shape index (κ3) is 5.52. The summed E-state index contributed by atoms with van der Waals surface area (Å²) < 4.78 is 5.22. The van der Waals surface area contributed by atoms with E-state index in [1.807, 2.05) is 33.3 Å². The van der Waals surface area contributed by atoms with Crippen LogP contribution < -0.4 is 5.73 Å². The summed E-state index contributed by atoms with van der Waals surface area (Å²) in [4.78, 5) is 11.9. The highest BCUT2D eigenvalue weighted by Crippen LogP contribution is 2.16. The van der Waals surface area contributed by atoms with Gasteiger partial charge in [0.05, 0.1) is 23.3 Å². The van der Waals surface area contributed by atoms with Gasteiger partial charge < -0.3 is 10.3 Å². The monoisotopic (exact) mass is 353 g/mol. The normalized spacial score (nSPS) is 11.1. The highest BCUT2D eigenvalue weighted by molar-refractivity contribution is 7.09. The van der Waals surface area contributed by atoms with Gasteiger partial charge in [0, 0.05) is 11.4 Å². The molecule has 0 aliphatic carbocycles. The molecule has 2 rings (SSSR count). The van der Waals surface area contributed by atoms with Gasteiger partial charge in [-0.1, -0.05) is 5.16 Å². The largest absolute Gasteiger partial charge is 0.338 e. The van der Waals surface area contributed by atoms with E-state index in [-0.39, 0.29) is 24.8 Å². The molecule has 0 radical (unpaired) electrons. The predicted octanol–water partition coefficient (Wildman–Crippen LogP) is 2.50. The van der Waals surface area contributed by atoms with E-state index in [1.165, 1.54) is 4.88 Å². The topological polar surface area (TPSA) is 81.1 Å². The van der Waals surface area contributed by atoms with Crippen molar-refractivity contribution in [2.24, 2.45) is 5.73 Å². The van der Waals surface area contributed by atoms with Crippen molar-refractivity contribution in [3.05, 3.63) is 27.8 Å². The Labute approximate surface area is 140 Å². The summed E-state index contributed by atoms with van der Waals surface area (Å²) in [5.41, 5.74) is 8.29. The molecule has 120 valence electrons. The van der Waals surface area contributed by atoms with Gasteiger partial charge in [0.1, 0.15) is 0 Å². The Hall–Kier alpha value is -0.730. The van der Waals surface area contributed by atoms with Crippen molar-refractivity contribution in [1.82, 2.24) is 20.0 Å². The summed E-state index contributed by atoms with van der Waals surface area (Å²) in [5.74, 6) is 1.11. The smallest absolute Gasteiger partial charge is 0.240 e. The second kappa shape index (κ2) is 8.05. The summed E-state index contributed by atoms with van der Waals surface area (Å²) in [6, 6.07) is 0. The van der Waals surface area contributed by atoms with Crippen molar-refractivity contribution in [1.29, 1.82) is 0 Å². The van der Waals surface area contributed by atoms with Crippen LogP contribution in [0, 0.1) is 6.92 Å². The van der Waals surface area contributed by atoms with Gasteiger partial charge >= 0.3 is 0 Å². The second-order valence-corrected chi connectivity index (χ2v) is 6.21. The molecule has 0 saturated heterocycles. The Bertz CT molecular complexity index is 552. The lowest BCUT2D eigenvalue weighted by Gasteiger charge is -2.13. The fourth-order valence-electron chi connectivity index (χ4n) is 1.59. The number of aromatic nitrogens is 3. The maximum Gasteiger partial charge on any atom is 0.240 e. The molecule has 0 spiro atoms. The molecule has 2 N–H and O–H groups in total. The number of nitrogens with zero attached hydrogens (tertiary/aromatic N) is 4. The number of halogens is 2. The summed E-state index contributed by atoms with van der Waals surface area (Å²) in [6.45, 7) is 7.14. The summed E-state index contributed by atoms with van der Waals surface area (Å²) in [5, 5.41) is 3.91. The first-order valence-corrected chi connectivity index (χ1v) is 6.93. The summed E-state index contributed by atoms with van der Waals surface area (Å²) >= 11 is 1.66. The minimum atomic E-state index is -0.575. The van der Waals surface area contributed by atoms with E-state index in [9.17, 15) is 0 Å². The summed E-state index contributed by atoms with van der Waals surface area (Å²) in [6.07, 6.45) is 0. The number of hydrogen-bond donors (Lipinski definition) is 1. The molecular formula is C12H21Cl2N5OS. The lowest BCUT2D eigenvalue weighted by Crippen LogP contribution is -2.30. The third-order valence-electron chi connectivity index (χ3n) is 2.71. The molecule has 0 aliphatic rings. The number of nitrogens with two attached hydrogens (primary N) is 1. The van der Waals surface area contributed by atoms with Crippen molar-refractivity contribution in [2.75, 3.05) is 7.05 Å². The van der Waals surface area contributed by atoms with Crippen molar-refractivity contribution in [2.45, 2.75) is 39.4 Å². The molecule has 21 heavy (non-hydrogen) atoms. The zero-order valence-electron chi connectivity index (χ0n) is 12.5. The van der Waals surface area contributed by atoms with E-state index in [0.717, 1.165) is 12.2 Å². The fourth-order valence-corrected chi connectivity index (χ4v) is 2.45. The first-order chi connectivity index (χ1) is 8.86. The molecule has 6 nitrogen and oxygen atoms in total. The molecule has 9 heteroatoms. The molecule has 2 aromatic heterocycles. The average molecular weight is 354 g/mol. The standard InChI is InChI=1S/C12H19N5OS.2ClH/c1-8-9(19-7-14-8)5-17(4)6-10-15-11(16-18-10)12(2,3)13;;/h7H,5-6,13H2,1-4H3;2*1H. The van der Waals surface area contributed by atoms with Crippen molar-refractivity contribution in [3.63, 3.8) is 0 Å². The van der Waals surface area contributed by atoms with Crippen LogP contribution in [0.3, 0.4) is 0 Å². The van der Waals surface area contributed by atoms with Gasteiger partial charge in [0.2, 0.25) is 5.89 Å². The third-order valence-corrected chi connectivity index (χ3v) is 3.63. The fraction of sp³-hybridized carbons (Fsp3) is 0.583. The molecule has 0 amide bonds. The van der Waals surface area contributed by atoms with Crippen LogP contribution in [-0.2, 0) is 18.6 Å². The average Bonchev–Trinajstić information content (AvgIpc) is 2.88. The molecule has 0 atom stereocenters. The van der Waals surface area contributed by atoms with Crippen LogP contribution in [0.2, 0.25) is 0 Å². The molecule has 2 heterocycles. The van der Waals surface area contributed by atoms with Crippen LogP contribution >= 0.6 is 36.2 Å². The highest BCUT2D eigenvalue weighted by Gasteiger charge is 2.21. The first kappa shape index (κ1) is 20.3. The Morgan fingerprint density at radius 2 is 2.00 bits per heavy atom. The van der Waals surface area contributed by atoms with E-state index in [1.54, 1.807) is 11.3 Å². The van der Waals surface area contributed by atoms with Crippen molar-refractivity contribution < 1.29 is 4.52 Å². The lowest BCUT2D eigenvalue weighted by atomic mass is 10.1. The maximum atomic E-state index is 5.93. The van der Waals surface area contributed by atoms with E-state index in [2.05, 4.69) is 20.0 Å². The van der Waals surface area contributed by atoms with E-state index < -0.39 is 5.54 Å². The molecule has 0 unspecified atom stereocenters. The van der Waals surface area contributed by atoms with Crippen LogP contribution in [0.4, 0.5) is 0 Å². The van der Waals surface area contributed by atoms with Crippen LogP contribution in [0.25, 0.3) is 0 Å². The van der Waals surface area contributed by atoms with Crippen LogP contribution in [0.5, 0.6) is 0 Å². The van der Waals surface area contributed by atoms with E-state index in [0.29, 0.717) is 18.3 Å². The van der Waals surface area contributed by atoms with E-state index >= 15 is 0 Å². The van der Waals surface area contributed by atoms with Gasteiger partial charge in [0.25, 0.3) is 0 Å². The molecule has 0 aromatic carbocycles. The zero-order chi connectivity index (χ0) is 14.0. The number of hydrogen-bond acceptors (Lipinski definition) is 7. The maximum absolute atomic E-state index is 5.93. The quantitative estimate of drug-likeness (QED) is 0.889. The Morgan fingerprint density at radius 3 is 2.48 bits per heavy atom. The molecule has 2 aromatic rings. The van der Waals surface area contributed by atoms with Crippen molar-refractivity contribution in [3.8, 4) is 0 Å². The molecule has 0 saturated carbocycles. The van der Waals surface area contributed by atoms with Gasteiger partial charge in [-0.25, -0.2) is 4.98 Å². The van der Waals surface area contributed by atoms with Crippen LogP contribution in [0.1, 0.15) is 36.1 Å². The number of aryl methyl sites for hydroxylation is 1. The Balaban J connectivity index is 0.00000200. The van der Waals surface area contributed by atoms with Crippen LogP contribution in [0.15, 0.2) is 10.0 Å². The first-order valence-electron chi connectivity index (χ1n) is 6.05. The molecule has 0 bridgehead atoms. The lowest BCUT2D eigenvalue weighted by molar-refractivity contribution is 0.260. The molecule has 0 fully saturated rings. The van der Waals surface area contributed by atoms with Gasteiger partial charge in [0.15, 0.2) is 5.82 Å². The van der Waals surface area contributed by atoms with Gasteiger partial charge in [-0.3, -0.25) is 4.90 Å². The highest BCUT2D eigenvalue weighted by atomic mass is 35.5. The van der Waals surface area contributed by atoms with Gasteiger partial charge in [-0.15, -0.1) is 36.2 Å². The Morgan fingerprint density at radius 1 is 1.33 bits per heavy atom. The van der Waals surface area contributed by atoms with Crippen LogP contribution in [-0.4, -0.2) is 27.1 Å². The van der Waals surface area contributed by atoms with Gasteiger partial charge in [-0.2, -0.15) is 4.98 Å². The number of thiazole rings is 1. The summed E-state index contributed by atoms with van der Waals surface area (Å²) in [7, 11) is 2.01. The molecule has 0 aliphatic heterocycles. The predicted molar refractivity (Wildman–Crippen MR) is 88.0 cm³/mol. The van der Waals surface area contributed by atoms with E-state index in [4.69, 9.17) is 10.3 Å². The van der Waals surface area contributed by atoms with Gasteiger partial charge in [-0.05, 0) is 27.8 Å². The van der Waals surface area contributed by atoms with Crippen molar-refractivity contribution >= 4 is 36.2 Å². The molecular weight excluding hydrogens is 333 g/mol. The minimum absolute atomic E-state index is 0. The zero-order valence-corrected chi connectivity index (χ0v) is 14.9.